The predicted molar refractivity (Wildman–Crippen MR) is 100 cm³/mol. The van der Waals surface area contributed by atoms with Crippen molar-refractivity contribution in [3.05, 3.63) is 53.5 Å². The molecule has 0 atom stereocenters. The van der Waals surface area contributed by atoms with Crippen LogP contribution in [0.4, 0.5) is 5.13 Å². The number of hydrogen-bond acceptors (Lipinski definition) is 6. The Hall–Kier alpha value is -2.93. The first-order valence-corrected chi connectivity index (χ1v) is 8.70. The van der Waals surface area contributed by atoms with Gasteiger partial charge in [0.1, 0.15) is 16.6 Å². The lowest BCUT2D eigenvalue weighted by atomic mass is 10.2. The third kappa shape index (κ3) is 2.94. The number of fused-ring (bicyclic) bond motifs is 1. The second kappa shape index (κ2) is 6.52. The largest absolute Gasteiger partial charge is 0.497 e. The number of methoxy groups -OCH3 is 1. The highest BCUT2D eigenvalue weighted by Gasteiger charge is 2.14. The molecule has 7 heteroatoms. The van der Waals surface area contributed by atoms with Gasteiger partial charge in [0.15, 0.2) is 0 Å². The number of ether oxygens (including phenoxy) is 1. The molecule has 2 aromatic carbocycles. The van der Waals surface area contributed by atoms with Gasteiger partial charge < -0.3 is 14.6 Å². The van der Waals surface area contributed by atoms with Crippen LogP contribution in [0.1, 0.15) is 5.01 Å². The highest BCUT2D eigenvalue weighted by atomic mass is 32.1. The lowest BCUT2D eigenvalue weighted by molar-refractivity contribution is 0.415. The molecule has 2 heterocycles. The van der Waals surface area contributed by atoms with E-state index in [1.165, 1.54) is 0 Å². The fourth-order valence-electron chi connectivity index (χ4n) is 2.75. The van der Waals surface area contributed by atoms with Crippen molar-refractivity contribution < 1.29 is 4.74 Å². The van der Waals surface area contributed by atoms with Crippen LogP contribution in [0.15, 0.2) is 48.5 Å². The minimum atomic E-state index is 0.626. The number of para-hydroxylation sites is 2. The van der Waals surface area contributed by atoms with Crippen molar-refractivity contribution in [2.75, 3.05) is 19.5 Å². The second-order valence-electron chi connectivity index (χ2n) is 5.49. The van der Waals surface area contributed by atoms with Gasteiger partial charge in [0.25, 0.3) is 0 Å². The van der Waals surface area contributed by atoms with Gasteiger partial charge >= 0.3 is 0 Å². The zero-order valence-electron chi connectivity index (χ0n) is 13.9. The summed E-state index contributed by atoms with van der Waals surface area (Å²) < 4.78 is 7.43. The molecule has 0 bridgehead atoms. The Morgan fingerprint density at radius 2 is 1.88 bits per heavy atom. The number of nitrogens with one attached hydrogen (secondary N) is 1. The topological polar surface area (TPSA) is 64.9 Å². The van der Waals surface area contributed by atoms with E-state index in [2.05, 4.69) is 26.1 Å². The number of hydrogen-bond donors (Lipinski definition) is 1. The minimum Gasteiger partial charge on any atom is -0.497 e. The van der Waals surface area contributed by atoms with E-state index < -0.39 is 0 Å². The Balaban J connectivity index is 1.82. The van der Waals surface area contributed by atoms with E-state index in [1.54, 1.807) is 18.4 Å². The molecule has 4 rings (SSSR count). The summed E-state index contributed by atoms with van der Waals surface area (Å²) in [6, 6.07) is 16.1. The van der Waals surface area contributed by atoms with Crippen LogP contribution in [0, 0.1) is 0 Å². The summed E-state index contributed by atoms with van der Waals surface area (Å²) in [6.45, 7) is 0.626. The van der Waals surface area contributed by atoms with Gasteiger partial charge in [0, 0.05) is 12.6 Å². The van der Waals surface area contributed by atoms with Crippen LogP contribution in [0.3, 0.4) is 0 Å². The molecular formula is C18H17N5OS. The van der Waals surface area contributed by atoms with E-state index in [-0.39, 0.29) is 0 Å². The highest BCUT2D eigenvalue weighted by molar-refractivity contribution is 7.15. The van der Waals surface area contributed by atoms with Crippen LogP contribution in [0.5, 0.6) is 5.75 Å². The molecule has 25 heavy (non-hydrogen) atoms. The van der Waals surface area contributed by atoms with Gasteiger partial charge in [-0.2, -0.15) is 0 Å². The van der Waals surface area contributed by atoms with Gasteiger partial charge in [-0.3, -0.25) is 0 Å². The SMILES string of the molecule is CNc1nnc(Cn2c(-c3ccc(OC)cc3)nc3ccccc32)s1. The maximum absolute atomic E-state index is 5.25. The Labute approximate surface area is 149 Å². The van der Waals surface area contributed by atoms with Gasteiger partial charge in [0.05, 0.1) is 24.7 Å². The molecule has 6 nitrogen and oxygen atoms in total. The van der Waals surface area contributed by atoms with E-state index in [0.717, 1.165) is 38.3 Å². The number of benzene rings is 2. The summed E-state index contributed by atoms with van der Waals surface area (Å²) in [5, 5.41) is 13.2. The zero-order chi connectivity index (χ0) is 17.2. The van der Waals surface area contributed by atoms with Crippen LogP contribution >= 0.6 is 11.3 Å². The van der Waals surface area contributed by atoms with Crippen LogP contribution in [0.25, 0.3) is 22.4 Å². The standard InChI is InChI=1S/C18H17N5OS/c1-19-18-22-21-16(25-18)11-23-15-6-4-3-5-14(15)20-17(23)12-7-9-13(24-2)10-8-12/h3-10H,11H2,1-2H3,(H,19,22). The summed E-state index contributed by atoms with van der Waals surface area (Å²) >= 11 is 1.55. The third-order valence-electron chi connectivity index (χ3n) is 3.98. The number of anilines is 1. The van der Waals surface area contributed by atoms with Crippen molar-refractivity contribution >= 4 is 27.5 Å². The maximum Gasteiger partial charge on any atom is 0.205 e. The first kappa shape index (κ1) is 15.6. The van der Waals surface area contributed by atoms with Crippen LogP contribution in [-0.4, -0.2) is 33.9 Å². The van der Waals surface area contributed by atoms with Crippen LogP contribution in [-0.2, 0) is 6.54 Å². The van der Waals surface area contributed by atoms with Crippen LogP contribution in [0.2, 0.25) is 0 Å². The summed E-state index contributed by atoms with van der Waals surface area (Å²) in [5.74, 6) is 1.74. The van der Waals surface area contributed by atoms with E-state index in [4.69, 9.17) is 9.72 Å². The number of imidazole rings is 1. The summed E-state index contributed by atoms with van der Waals surface area (Å²) in [4.78, 5) is 4.82. The maximum atomic E-state index is 5.25. The van der Waals surface area contributed by atoms with Crippen molar-refractivity contribution in [1.82, 2.24) is 19.7 Å². The molecule has 0 fully saturated rings. The number of rotatable bonds is 5. The van der Waals surface area contributed by atoms with Gasteiger partial charge in [-0.15, -0.1) is 10.2 Å². The molecule has 126 valence electrons. The quantitative estimate of drug-likeness (QED) is 0.594. The smallest absolute Gasteiger partial charge is 0.205 e. The lowest BCUT2D eigenvalue weighted by Gasteiger charge is -2.08. The molecule has 0 aliphatic rings. The van der Waals surface area contributed by atoms with Crippen molar-refractivity contribution in [3.63, 3.8) is 0 Å². The average molecular weight is 351 g/mol. The first-order chi connectivity index (χ1) is 12.3. The molecule has 0 radical (unpaired) electrons. The molecule has 0 aliphatic carbocycles. The Bertz CT molecular complexity index is 1010. The average Bonchev–Trinajstić information content (AvgIpc) is 3.27. The number of nitrogens with zero attached hydrogens (tertiary/aromatic N) is 4. The molecule has 0 saturated heterocycles. The summed E-state index contributed by atoms with van der Waals surface area (Å²) in [7, 11) is 3.51. The van der Waals surface area contributed by atoms with Crippen molar-refractivity contribution in [2.24, 2.45) is 0 Å². The van der Waals surface area contributed by atoms with Crippen molar-refractivity contribution in [1.29, 1.82) is 0 Å². The zero-order valence-corrected chi connectivity index (χ0v) is 14.7. The molecule has 0 unspecified atom stereocenters. The summed E-state index contributed by atoms with van der Waals surface area (Å²) in [6.07, 6.45) is 0. The van der Waals surface area contributed by atoms with E-state index in [0.29, 0.717) is 6.54 Å². The van der Waals surface area contributed by atoms with E-state index in [9.17, 15) is 0 Å². The van der Waals surface area contributed by atoms with Gasteiger partial charge in [-0.1, -0.05) is 23.5 Å². The van der Waals surface area contributed by atoms with Gasteiger partial charge in [-0.05, 0) is 36.4 Å². The van der Waals surface area contributed by atoms with Gasteiger partial charge in [-0.25, -0.2) is 4.98 Å². The first-order valence-electron chi connectivity index (χ1n) is 7.88. The van der Waals surface area contributed by atoms with Crippen LogP contribution < -0.4 is 10.1 Å². The second-order valence-corrected chi connectivity index (χ2v) is 6.55. The molecule has 0 spiro atoms. The minimum absolute atomic E-state index is 0.626. The van der Waals surface area contributed by atoms with Gasteiger partial charge in [0.2, 0.25) is 5.13 Å². The van der Waals surface area contributed by atoms with E-state index in [1.807, 2.05) is 49.5 Å². The Morgan fingerprint density at radius 1 is 1.08 bits per heavy atom. The third-order valence-corrected chi connectivity index (χ3v) is 4.90. The fourth-order valence-corrected chi connectivity index (χ4v) is 3.43. The Morgan fingerprint density at radius 3 is 2.60 bits per heavy atom. The molecule has 0 saturated carbocycles. The normalized spacial score (nSPS) is 11.0. The molecule has 4 aromatic rings. The monoisotopic (exact) mass is 351 g/mol. The Kier molecular flexibility index (Phi) is 4.07. The molecule has 0 aliphatic heterocycles. The molecule has 1 N–H and O–H groups in total. The highest BCUT2D eigenvalue weighted by Crippen LogP contribution is 2.28. The van der Waals surface area contributed by atoms with Crippen molar-refractivity contribution in [3.8, 4) is 17.1 Å². The lowest BCUT2D eigenvalue weighted by Crippen LogP contribution is -2.02. The molecular weight excluding hydrogens is 334 g/mol. The number of aromatic nitrogens is 4. The van der Waals surface area contributed by atoms with Crippen molar-refractivity contribution in [2.45, 2.75) is 6.54 Å². The van der Waals surface area contributed by atoms with E-state index >= 15 is 0 Å². The predicted octanol–water partition coefficient (Wildman–Crippen LogP) is 3.65. The molecule has 2 aromatic heterocycles. The summed E-state index contributed by atoms with van der Waals surface area (Å²) in [5.41, 5.74) is 3.08. The fraction of sp³-hybridized carbons (Fsp3) is 0.167. The molecule has 0 amide bonds.